The highest BCUT2D eigenvalue weighted by Crippen LogP contribution is 2.22. The molecule has 1 aliphatic rings. The van der Waals surface area contributed by atoms with Crippen molar-refractivity contribution in [1.29, 1.82) is 0 Å². The van der Waals surface area contributed by atoms with Crippen molar-refractivity contribution < 1.29 is 49.0 Å². The highest BCUT2D eigenvalue weighted by atomic mass is 16.7. The molecule has 0 bridgehead atoms. The van der Waals surface area contributed by atoms with Crippen molar-refractivity contribution in [3.63, 3.8) is 0 Å². The molecular weight excluding hydrogens is 676 g/mol. The van der Waals surface area contributed by atoms with E-state index in [9.17, 15) is 30.0 Å². The minimum atomic E-state index is -1.60. The highest BCUT2D eigenvalue weighted by molar-refractivity contribution is 5.70. The summed E-state index contributed by atoms with van der Waals surface area (Å²) in [5.74, 6) is -0.841. The zero-order chi connectivity index (χ0) is 38.8. The quantitative estimate of drug-likeness (QED) is 0.0281. The summed E-state index contributed by atoms with van der Waals surface area (Å²) < 4.78 is 22.1. The molecule has 6 atom stereocenters. The Hall–Kier alpha value is -1.82. The lowest BCUT2D eigenvalue weighted by Crippen LogP contribution is -2.59. The average Bonchev–Trinajstić information content (AvgIpc) is 3.15. The van der Waals surface area contributed by atoms with Gasteiger partial charge in [0.15, 0.2) is 12.4 Å². The molecule has 0 aliphatic carbocycles. The predicted molar refractivity (Wildman–Crippen MR) is 210 cm³/mol. The second-order valence-electron chi connectivity index (χ2n) is 14.8. The Labute approximate surface area is 322 Å². The van der Waals surface area contributed by atoms with Gasteiger partial charge in [-0.25, -0.2) is 0 Å². The van der Waals surface area contributed by atoms with Crippen molar-refractivity contribution in [2.45, 2.75) is 218 Å². The van der Waals surface area contributed by atoms with Crippen LogP contribution < -0.4 is 0 Å². The van der Waals surface area contributed by atoms with Crippen molar-refractivity contribution in [3.8, 4) is 0 Å². The molecule has 10 nitrogen and oxygen atoms in total. The third kappa shape index (κ3) is 26.6. The van der Waals surface area contributed by atoms with E-state index in [0.29, 0.717) is 12.8 Å². The molecule has 0 aromatic rings. The molecule has 310 valence electrons. The van der Waals surface area contributed by atoms with Crippen LogP contribution in [0.5, 0.6) is 0 Å². The van der Waals surface area contributed by atoms with Crippen LogP contribution in [0.15, 0.2) is 24.3 Å². The van der Waals surface area contributed by atoms with E-state index in [0.717, 1.165) is 51.4 Å². The molecule has 0 spiro atoms. The van der Waals surface area contributed by atoms with Gasteiger partial charge in [0.2, 0.25) is 0 Å². The molecule has 1 fully saturated rings. The van der Waals surface area contributed by atoms with Crippen LogP contribution in [-0.4, -0.2) is 89.0 Å². The first-order valence-electron chi connectivity index (χ1n) is 21.4. The molecule has 2 unspecified atom stereocenters. The van der Waals surface area contributed by atoms with Gasteiger partial charge in [-0.2, -0.15) is 0 Å². The maximum absolute atomic E-state index is 12.7. The normalized spacial score (nSPS) is 21.1. The van der Waals surface area contributed by atoms with Gasteiger partial charge in [-0.1, -0.05) is 128 Å². The maximum Gasteiger partial charge on any atom is 0.306 e. The van der Waals surface area contributed by atoms with Crippen molar-refractivity contribution in [2.24, 2.45) is 0 Å². The molecule has 10 heteroatoms. The number of ether oxygens (including phenoxy) is 4. The summed E-state index contributed by atoms with van der Waals surface area (Å²) in [4.78, 5) is 25.2. The van der Waals surface area contributed by atoms with Crippen LogP contribution in [0.3, 0.4) is 0 Å². The summed E-state index contributed by atoms with van der Waals surface area (Å²) in [6, 6.07) is 0. The first-order chi connectivity index (χ1) is 25.8. The Morgan fingerprint density at radius 2 is 1.00 bits per heavy atom. The lowest BCUT2D eigenvalue weighted by molar-refractivity contribution is -0.305. The van der Waals surface area contributed by atoms with Crippen LogP contribution in [0.2, 0.25) is 0 Å². The number of hydrogen-bond acceptors (Lipinski definition) is 10. The number of esters is 2. The predicted octanol–water partition coefficient (Wildman–Crippen LogP) is 8.55. The van der Waals surface area contributed by atoms with Crippen LogP contribution in [0.1, 0.15) is 181 Å². The molecule has 0 amide bonds. The van der Waals surface area contributed by atoms with Crippen LogP contribution in [0, 0.1) is 0 Å². The molecule has 1 rings (SSSR count). The molecule has 4 N–H and O–H groups in total. The molecule has 0 saturated carbocycles. The largest absolute Gasteiger partial charge is 0.462 e. The van der Waals surface area contributed by atoms with Crippen LogP contribution in [0.4, 0.5) is 0 Å². The van der Waals surface area contributed by atoms with E-state index in [1.807, 2.05) is 0 Å². The number of aliphatic hydroxyl groups excluding tert-OH is 4. The fourth-order valence-corrected chi connectivity index (χ4v) is 6.35. The SMILES string of the molecule is CCCCCCCC/C=C/CCCCCC(=O)O[C@@H](COC(=O)CCCCC/C=C/CCCCCCCCCC)CO[C@H]1O[C@@H](CO)[C@@H](O)C(O)C1O. The number of allylic oxidation sites excluding steroid dienone is 4. The Morgan fingerprint density at radius 1 is 0.566 bits per heavy atom. The molecule has 1 saturated heterocycles. The van der Waals surface area contributed by atoms with Gasteiger partial charge in [0, 0.05) is 12.8 Å². The van der Waals surface area contributed by atoms with Crippen LogP contribution >= 0.6 is 0 Å². The second kappa shape index (κ2) is 34.7. The standard InChI is InChI=1S/C43H78O10/c1-3-5-7-9-11-13-15-17-18-20-21-23-25-27-29-31-38(45)50-34-36(35-51-43-42(49)41(48)40(47)37(33-44)53-43)52-39(46)32-30-28-26-24-22-19-16-14-12-10-8-6-4-2/h19-22,36-37,40-44,47-49H,3-18,23-35H2,1-2H3/b21-20+,22-19+/t36-,37-,40+,41?,42?,43-/m0/s1. The van der Waals surface area contributed by atoms with Crippen LogP contribution in [-0.2, 0) is 28.5 Å². The van der Waals surface area contributed by atoms with Gasteiger partial charge in [0.25, 0.3) is 0 Å². The zero-order valence-corrected chi connectivity index (χ0v) is 33.5. The minimum Gasteiger partial charge on any atom is -0.462 e. The van der Waals surface area contributed by atoms with Gasteiger partial charge in [-0.15, -0.1) is 0 Å². The third-order valence-electron chi connectivity index (χ3n) is 9.81. The van der Waals surface area contributed by atoms with Gasteiger partial charge in [-0.3, -0.25) is 9.59 Å². The lowest BCUT2D eigenvalue weighted by atomic mass is 9.99. The summed E-state index contributed by atoms with van der Waals surface area (Å²) in [5.41, 5.74) is 0. The van der Waals surface area contributed by atoms with Gasteiger partial charge < -0.3 is 39.4 Å². The Morgan fingerprint density at radius 3 is 1.47 bits per heavy atom. The van der Waals surface area contributed by atoms with Gasteiger partial charge in [0.05, 0.1) is 13.2 Å². The van der Waals surface area contributed by atoms with E-state index in [1.165, 1.54) is 89.9 Å². The Balaban J connectivity index is 2.37. The highest BCUT2D eigenvalue weighted by Gasteiger charge is 2.44. The number of unbranched alkanes of at least 4 members (excludes halogenated alkanes) is 20. The second-order valence-corrected chi connectivity index (χ2v) is 14.8. The number of hydrogen-bond donors (Lipinski definition) is 4. The number of rotatable bonds is 35. The van der Waals surface area contributed by atoms with E-state index in [2.05, 4.69) is 38.2 Å². The summed E-state index contributed by atoms with van der Waals surface area (Å²) in [6.45, 7) is 3.38. The fourth-order valence-electron chi connectivity index (χ4n) is 6.35. The van der Waals surface area contributed by atoms with Gasteiger partial charge in [0.1, 0.15) is 31.0 Å². The van der Waals surface area contributed by atoms with E-state index in [4.69, 9.17) is 18.9 Å². The monoisotopic (exact) mass is 755 g/mol. The van der Waals surface area contributed by atoms with Gasteiger partial charge in [-0.05, 0) is 64.2 Å². The maximum atomic E-state index is 12.7. The minimum absolute atomic E-state index is 0.208. The summed E-state index contributed by atoms with van der Waals surface area (Å²) in [7, 11) is 0. The van der Waals surface area contributed by atoms with Crippen LogP contribution in [0.25, 0.3) is 0 Å². The number of carbonyl (C=O) groups excluding carboxylic acids is 2. The average molecular weight is 755 g/mol. The van der Waals surface area contributed by atoms with E-state index >= 15 is 0 Å². The lowest BCUT2D eigenvalue weighted by Gasteiger charge is -2.39. The summed E-state index contributed by atoms with van der Waals surface area (Å²) in [6.07, 6.45) is 29.0. The molecule has 53 heavy (non-hydrogen) atoms. The summed E-state index contributed by atoms with van der Waals surface area (Å²) in [5, 5.41) is 40.0. The molecule has 1 heterocycles. The van der Waals surface area contributed by atoms with E-state index in [-0.39, 0.29) is 26.1 Å². The van der Waals surface area contributed by atoms with Gasteiger partial charge >= 0.3 is 11.9 Å². The Kier molecular flexibility index (Phi) is 32.2. The van der Waals surface area contributed by atoms with E-state index in [1.54, 1.807) is 0 Å². The first-order valence-corrected chi connectivity index (χ1v) is 21.4. The van der Waals surface area contributed by atoms with Crippen molar-refractivity contribution in [2.75, 3.05) is 19.8 Å². The van der Waals surface area contributed by atoms with Crippen molar-refractivity contribution >= 4 is 11.9 Å². The molecule has 1 aliphatic heterocycles. The van der Waals surface area contributed by atoms with E-state index < -0.39 is 55.4 Å². The number of carbonyl (C=O) groups is 2. The molecule has 0 radical (unpaired) electrons. The molecular formula is C43H78O10. The first kappa shape index (κ1) is 49.2. The topological polar surface area (TPSA) is 152 Å². The Bertz CT molecular complexity index is 923. The summed E-state index contributed by atoms with van der Waals surface area (Å²) >= 11 is 0. The smallest absolute Gasteiger partial charge is 0.306 e. The zero-order valence-electron chi connectivity index (χ0n) is 33.5. The van der Waals surface area contributed by atoms with Crippen molar-refractivity contribution in [1.82, 2.24) is 0 Å². The van der Waals surface area contributed by atoms with Crippen molar-refractivity contribution in [3.05, 3.63) is 24.3 Å². The fraction of sp³-hybridized carbons (Fsp3) is 0.860. The molecule has 0 aromatic carbocycles. The molecule has 0 aromatic heterocycles. The third-order valence-corrected chi connectivity index (χ3v) is 9.81. The number of aliphatic hydroxyl groups is 4.